The van der Waals surface area contributed by atoms with Gasteiger partial charge in [-0.1, -0.05) is 38.8 Å². The Bertz CT molecular complexity index is 146. The summed E-state index contributed by atoms with van der Waals surface area (Å²) in [7, 11) is 1.52. The van der Waals surface area contributed by atoms with Gasteiger partial charge in [-0.3, -0.25) is 0 Å². The molecule has 1 nitrogen and oxygen atoms in total. The van der Waals surface area contributed by atoms with Crippen molar-refractivity contribution in [1.29, 1.82) is 0 Å². The Morgan fingerprint density at radius 3 is 2.57 bits per heavy atom. The van der Waals surface area contributed by atoms with Crippen molar-refractivity contribution in [2.24, 2.45) is 0 Å². The summed E-state index contributed by atoms with van der Waals surface area (Å²) in [5, 5.41) is 0. The smallest absolute Gasteiger partial charge is 0.0954 e. The van der Waals surface area contributed by atoms with Crippen LogP contribution in [0.3, 0.4) is 0 Å². The molecule has 1 aliphatic rings. The zero-order valence-corrected chi connectivity index (χ0v) is 13.7. The van der Waals surface area contributed by atoms with E-state index < -0.39 is 0 Å². The first-order chi connectivity index (χ1) is 6.79. The summed E-state index contributed by atoms with van der Waals surface area (Å²) in [6.07, 6.45) is 7.33. The lowest BCUT2D eigenvalue weighted by atomic mass is 10.2. The van der Waals surface area contributed by atoms with Crippen LogP contribution in [-0.2, 0) is 0 Å². The van der Waals surface area contributed by atoms with Crippen LogP contribution in [0.25, 0.3) is 0 Å². The van der Waals surface area contributed by atoms with Crippen LogP contribution in [0.5, 0.6) is 0 Å². The molecule has 1 rings (SSSR count). The standard InChI is InChI=1S/C11H27NSi2/c1-3-10(2)12(14-9-8-13)11-6-4-5-7-11/h10-11H,3-9,14H2,1-2,13H3. The van der Waals surface area contributed by atoms with Gasteiger partial charge in [0.2, 0.25) is 0 Å². The highest BCUT2D eigenvalue weighted by atomic mass is 28.2. The van der Waals surface area contributed by atoms with Crippen molar-refractivity contribution < 1.29 is 0 Å². The third-order valence-corrected chi connectivity index (χ3v) is 8.52. The maximum Gasteiger partial charge on any atom is 0.0954 e. The van der Waals surface area contributed by atoms with Crippen molar-refractivity contribution in [1.82, 2.24) is 4.57 Å². The molecular formula is C11H27NSi2. The second-order valence-electron chi connectivity index (χ2n) is 4.79. The summed E-state index contributed by atoms with van der Waals surface area (Å²) >= 11 is 0. The predicted octanol–water partition coefficient (Wildman–Crippen LogP) is 1.32. The minimum Gasteiger partial charge on any atom is -0.324 e. The summed E-state index contributed by atoms with van der Waals surface area (Å²) in [6, 6.07) is 4.97. The largest absolute Gasteiger partial charge is 0.324 e. The van der Waals surface area contributed by atoms with Crippen LogP contribution in [0.4, 0.5) is 0 Å². The topological polar surface area (TPSA) is 3.24 Å². The molecule has 0 amide bonds. The molecule has 0 aromatic heterocycles. The van der Waals surface area contributed by atoms with Gasteiger partial charge in [-0.2, -0.15) is 0 Å². The summed E-state index contributed by atoms with van der Waals surface area (Å²) in [5.74, 6) is 0. The van der Waals surface area contributed by atoms with Gasteiger partial charge in [0.15, 0.2) is 0 Å². The van der Waals surface area contributed by atoms with Gasteiger partial charge in [-0.05, 0) is 25.3 Å². The first-order valence-electron chi connectivity index (χ1n) is 6.55. The van der Waals surface area contributed by atoms with E-state index >= 15 is 0 Å². The Morgan fingerprint density at radius 1 is 1.43 bits per heavy atom. The SMILES string of the molecule is CCC(C)N([SiH2]CC[SiH3])C1CCCC1. The fourth-order valence-electron chi connectivity index (χ4n) is 2.57. The molecular weight excluding hydrogens is 202 g/mol. The normalized spacial score (nSPS) is 21.6. The Kier molecular flexibility index (Phi) is 6.05. The second-order valence-corrected chi connectivity index (χ2v) is 7.67. The monoisotopic (exact) mass is 229 g/mol. The molecule has 1 fully saturated rings. The molecule has 0 spiro atoms. The van der Waals surface area contributed by atoms with Crippen LogP contribution in [0, 0.1) is 0 Å². The fraction of sp³-hybridized carbons (Fsp3) is 1.00. The molecule has 0 bridgehead atoms. The molecule has 1 atom stereocenters. The van der Waals surface area contributed by atoms with E-state index in [1.807, 2.05) is 0 Å². The Balaban J connectivity index is 2.42. The van der Waals surface area contributed by atoms with Gasteiger partial charge < -0.3 is 4.57 Å². The van der Waals surface area contributed by atoms with Crippen LogP contribution in [0.15, 0.2) is 0 Å². The van der Waals surface area contributed by atoms with Crippen LogP contribution >= 0.6 is 0 Å². The minimum atomic E-state index is 0.105. The lowest BCUT2D eigenvalue weighted by Crippen LogP contribution is -2.42. The van der Waals surface area contributed by atoms with Gasteiger partial charge >= 0.3 is 0 Å². The molecule has 1 aliphatic carbocycles. The third kappa shape index (κ3) is 3.52. The molecule has 0 aromatic carbocycles. The van der Waals surface area contributed by atoms with Crippen LogP contribution < -0.4 is 0 Å². The third-order valence-electron chi connectivity index (χ3n) is 3.72. The highest BCUT2D eigenvalue weighted by Crippen LogP contribution is 2.25. The van der Waals surface area contributed by atoms with E-state index in [0.29, 0.717) is 0 Å². The Morgan fingerprint density at radius 2 is 2.07 bits per heavy atom. The highest BCUT2D eigenvalue weighted by Gasteiger charge is 2.24. The van der Waals surface area contributed by atoms with Crippen molar-refractivity contribution in [3.05, 3.63) is 0 Å². The molecule has 3 heteroatoms. The highest BCUT2D eigenvalue weighted by molar-refractivity contribution is 6.34. The van der Waals surface area contributed by atoms with Gasteiger partial charge in [0, 0.05) is 16.3 Å². The minimum absolute atomic E-state index is 0.105. The Labute approximate surface area is 95.0 Å². The van der Waals surface area contributed by atoms with Gasteiger partial charge in [0.25, 0.3) is 0 Å². The number of nitrogens with zero attached hydrogens (tertiary/aromatic N) is 1. The van der Waals surface area contributed by atoms with E-state index in [2.05, 4.69) is 18.4 Å². The summed E-state index contributed by atoms with van der Waals surface area (Å²) < 4.78 is 2.94. The molecule has 0 aliphatic heterocycles. The molecule has 0 aromatic rings. The molecule has 0 N–H and O–H groups in total. The van der Waals surface area contributed by atoms with E-state index in [4.69, 9.17) is 0 Å². The van der Waals surface area contributed by atoms with Crippen molar-refractivity contribution >= 4 is 19.9 Å². The maximum atomic E-state index is 2.94. The molecule has 0 heterocycles. The average molecular weight is 230 g/mol. The quantitative estimate of drug-likeness (QED) is 0.621. The summed E-state index contributed by atoms with van der Waals surface area (Å²) in [4.78, 5) is 0. The first kappa shape index (κ1) is 12.5. The molecule has 1 unspecified atom stereocenters. The fourth-order valence-corrected chi connectivity index (χ4v) is 5.63. The number of hydrogen-bond acceptors (Lipinski definition) is 1. The van der Waals surface area contributed by atoms with E-state index in [1.165, 1.54) is 48.4 Å². The van der Waals surface area contributed by atoms with Gasteiger partial charge in [0.05, 0.1) is 9.68 Å². The van der Waals surface area contributed by atoms with Crippen LogP contribution in [0.2, 0.25) is 12.1 Å². The van der Waals surface area contributed by atoms with Crippen molar-refractivity contribution in [3.63, 3.8) is 0 Å². The molecule has 1 saturated carbocycles. The van der Waals surface area contributed by atoms with E-state index in [1.54, 1.807) is 6.04 Å². The van der Waals surface area contributed by atoms with Crippen molar-refractivity contribution in [2.45, 2.75) is 70.1 Å². The molecule has 14 heavy (non-hydrogen) atoms. The van der Waals surface area contributed by atoms with E-state index in [-0.39, 0.29) is 9.68 Å². The molecule has 0 radical (unpaired) electrons. The van der Waals surface area contributed by atoms with Crippen LogP contribution in [-0.4, -0.2) is 36.6 Å². The van der Waals surface area contributed by atoms with Crippen LogP contribution in [0.1, 0.15) is 46.0 Å². The van der Waals surface area contributed by atoms with Gasteiger partial charge in [0.1, 0.15) is 0 Å². The van der Waals surface area contributed by atoms with Gasteiger partial charge in [-0.15, -0.1) is 0 Å². The first-order valence-corrected chi connectivity index (χ1v) is 9.60. The number of rotatable bonds is 6. The van der Waals surface area contributed by atoms with E-state index in [9.17, 15) is 0 Å². The zero-order valence-electron chi connectivity index (χ0n) is 10.3. The van der Waals surface area contributed by atoms with Crippen molar-refractivity contribution in [2.75, 3.05) is 0 Å². The molecule has 84 valence electrons. The predicted molar refractivity (Wildman–Crippen MR) is 71.9 cm³/mol. The Hall–Kier alpha value is 0.394. The number of hydrogen-bond donors (Lipinski definition) is 0. The van der Waals surface area contributed by atoms with E-state index in [0.717, 1.165) is 12.1 Å². The average Bonchev–Trinajstić information content (AvgIpc) is 2.71. The maximum absolute atomic E-state index is 2.94. The van der Waals surface area contributed by atoms with Crippen molar-refractivity contribution in [3.8, 4) is 0 Å². The van der Waals surface area contributed by atoms with Gasteiger partial charge in [-0.25, -0.2) is 0 Å². The lowest BCUT2D eigenvalue weighted by molar-refractivity contribution is 0.262. The summed E-state index contributed by atoms with van der Waals surface area (Å²) in [5.41, 5.74) is 0. The summed E-state index contributed by atoms with van der Waals surface area (Å²) in [6.45, 7) is 4.79. The second kappa shape index (κ2) is 6.80. The zero-order chi connectivity index (χ0) is 10.4. The lowest BCUT2D eigenvalue weighted by Gasteiger charge is -2.34. The molecule has 0 saturated heterocycles.